The van der Waals surface area contributed by atoms with E-state index >= 15 is 0 Å². The fraction of sp³-hybridized carbons (Fsp3) is 0.636. The summed E-state index contributed by atoms with van der Waals surface area (Å²) in [5.41, 5.74) is 4.55. The molecule has 1 heterocycles. The Bertz CT molecular complexity index is 701. The van der Waals surface area contributed by atoms with Crippen LogP contribution in [0, 0.1) is 13.8 Å². The van der Waals surface area contributed by atoms with Crippen molar-refractivity contribution < 1.29 is 14.5 Å². The summed E-state index contributed by atoms with van der Waals surface area (Å²) in [5.74, 6) is 0.0996. The van der Waals surface area contributed by atoms with Gasteiger partial charge in [-0.1, -0.05) is 11.6 Å². The summed E-state index contributed by atoms with van der Waals surface area (Å²) < 4.78 is 2.27. The molecule has 1 unspecified atom stereocenters. The van der Waals surface area contributed by atoms with Crippen LogP contribution in [0.5, 0.6) is 0 Å². The maximum atomic E-state index is 12.8. The van der Waals surface area contributed by atoms with Crippen molar-refractivity contribution in [2.24, 2.45) is 0 Å². The number of carbonyl (C=O) groups is 2. The van der Waals surface area contributed by atoms with Gasteiger partial charge in [-0.3, -0.25) is 9.59 Å². The van der Waals surface area contributed by atoms with Gasteiger partial charge in [0.1, 0.15) is 6.54 Å². The fourth-order valence-corrected chi connectivity index (χ4v) is 3.89. The van der Waals surface area contributed by atoms with Gasteiger partial charge >= 0.3 is 0 Å². The number of nitrogens with zero attached hydrogens (tertiary/aromatic N) is 1. The Labute approximate surface area is 163 Å². The van der Waals surface area contributed by atoms with Gasteiger partial charge in [-0.25, -0.2) is 0 Å². The predicted molar refractivity (Wildman–Crippen MR) is 109 cm³/mol. The molecule has 5 heteroatoms. The number of likely N-dealkylation sites (N-methyl/N-ethyl adjacent to an activating group) is 1. The molecular weight excluding hydrogens is 338 g/mol. The molecule has 0 fully saturated rings. The zero-order chi connectivity index (χ0) is 20.0. The number of nitrogens with one attached hydrogen (secondary N) is 2. The van der Waals surface area contributed by atoms with Gasteiger partial charge in [-0.2, -0.15) is 0 Å². The van der Waals surface area contributed by atoms with Gasteiger partial charge in [0.25, 0.3) is 5.91 Å². The van der Waals surface area contributed by atoms with E-state index in [1.54, 1.807) is 5.57 Å². The van der Waals surface area contributed by atoms with Crippen molar-refractivity contribution in [2.75, 3.05) is 20.1 Å². The van der Waals surface area contributed by atoms with Crippen LogP contribution in [0.1, 0.15) is 67.7 Å². The van der Waals surface area contributed by atoms with E-state index in [4.69, 9.17) is 0 Å². The Morgan fingerprint density at radius 2 is 1.96 bits per heavy atom. The lowest BCUT2D eigenvalue weighted by atomic mass is 9.97. The van der Waals surface area contributed by atoms with Gasteiger partial charge in [0.05, 0.1) is 7.05 Å². The van der Waals surface area contributed by atoms with Crippen molar-refractivity contribution >= 4 is 11.7 Å². The molecule has 0 spiro atoms. The van der Waals surface area contributed by atoms with E-state index in [0.29, 0.717) is 13.1 Å². The van der Waals surface area contributed by atoms with Crippen LogP contribution in [0.25, 0.3) is 0 Å². The first-order chi connectivity index (χ1) is 12.8. The van der Waals surface area contributed by atoms with Crippen molar-refractivity contribution in [3.8, 4) is 0 Å². The summed E-state index contributed by atoms with van der Waals surface area (Å²) in [6.45, 7) is 9.59. The number of aryl methyl sites for hydroxylation is 1. The fourth-order valence-electron chi connectivity index (χ4n) is 3.89. The van der Waals surface area contributed by atoms with E-state index in [9.17, 15) is 9.59 Å². The number of hydrogen-bond donors (Lipinski definition) is 2. The summed E-state index contributed by atoms with van der Waals surface area (Å²) in [4.78, 5) is 25.6. The highest BCUT2D eigenvalue weighted by Crippen LogP contribution is 2.22. The van der Waals surface area contributed by atoms with Crippen molar-refractivity contribution in [2.45, 2.75) is 72.4 Å². The van der Waals surface area contributed by atoms with Crippen molar-refractivity contribution in [3.05, 3.63) is 34.7 Å². The summed E-state index contributed by atoms with van der Waals surface area (Å²) in [7, 11) is 1.90. The van der Waals surface area contributed by atoms with Crippen LogP contribution in [-0.4, -0.2) is 42.4 Å². The Balaban J connectivity index is 1.96. The summed E-state index contributed by atoms with van der Waals surface area (Å²) in [6.07, 6.45) is 8.52. The minimum Gasteiger partial charge on any atom is -0.349 e. The van der Waals surface area contributed by atoms with Crippen LogP contribution >= 0.6 is 0 Å². The third kappa shape index (κ3) is 6.35. The number of aromatic nitrogens is 1. The third-order valence-corrected chi connectivity index (χ3v) is 5.29. The first kappa shape index (κ1) is 21.4. The first-order valence-electron chi connectivity index (χ1n) is 10.3. The van der Waals surface area contributed by atoms with Crippen LogP contribution in [0.15, 0.2) is 17.7 Å². The molecule has 1 aliphatic carbocycles. The Morgan fingerprint density at radius 3 is 2.59 bits per heavy atom. The van der Waals surface area contributed by atoms with Crippen LogP contribution in [0.4, 0.5) is 0 Å². The molecule has 1 amide bonds. The molecule has 0 saturated carbocycles. The van der Waals surface area contributed by atoms with Crippen molar-refractivity contribution in [3.63, 3.8) is 0 Å². The van der Waals surface area contributed by atoms with Gasteiger partial charge in [-0.15, -0.1) is 0 Å². The average Bonchev–Trinajstić information content (AvgIpc) is 2.87. The lowest BCUT2D eigenvalue weighted by Gasteiger charge is -2.16. The number of Topliss-reactive ketones (excluding diaryl/α,β-unsaturated/α-hetero) is 1. The summed E-state index contributed by atoms with van der Waals surface area (Å²) in [6, 6.07) is 2.13. The summed E-state index contributed by atoms with van der Waals surface area (Å²) >= 11 is 0. The van der Waals surface area contributed by atoms with Gasteiger partial charge in [-0.05, 0) is 65.9 Å². The third-order valence-electron chi connectivity index (χ3n) is 5.29. The standard InChI is InChI=1S/C22H35N3O2/c1-16(2)23-22(27)15-24(5)14-21(26)20-13-17(3)25(18(20)4)12-11-19-9-7-6-8-10-19/h9,13,16H,6-8,10-12,14-15H2,1-5H3,(H,23,27)/p+1. The zero-order valence-electron chi connectivity index (χ0n) is 17.7. The maximum absolute atomic E-state index is 12.8. The van der Waals surface area contributed by atoms with E-state index in [0.717, 1.165) is 34.8 Å². The molecule has 1 aromatic rings. The number of rotatable bonds is 9. The highest BCUT2D eigenvalue weighted by atomic mass is 16.2. The van der Waals surface area contributed by atoms with E-state index in [-0.39, 0.29) is 17.7 Å². The SMILES string of the molecule is Cc1cc(C(=O)C[NH+](C)CC(=O)NC(C)C)c(C)n1CCC1=CCCCC1. The lowest BCUT2D eigenvalue weighted by molar-refractivity contribution is -0.862. The molecule has 1 atom stereocenters. The van der Waals surface area contributed by atoms with Crippen LogP contribution < -0.4 is 10.2 Å². The van der Waals surface area contributed by atoms with Crippen LogP contribution in [0.2, 0.25) is 0 Å². The molecule has 27 heavy (non-hydrogen) atoms. The monoisotopic (exact) mass is 374 g/mol. The molecule has 0 aliphatic heterocycles. The Kier molecular flexibility index (Phi) is 7.84. The molecule has 0 bridgehead atoms. The van der Waals surface area contributed by atoms with Crippen molar-refractivity contribution in [1.82, 2.24) is 9.88 Å². The number of allylic oxidation sites excluding steroid dienone is 2. The highest BCUT2D eigenvalue weighted by Gasteiger charge is 2.20. The van der Waals surface area contributed by atoms with E-state index in [2.05, 4.69) is 22.9 Å². The van der Waals surface area contributed by atoms with Gasteiger partial charge in [0.15, 0.2) is 6.54 Å². The van der Waals surface area contributed by atoms with Crippen LogP contribution in [-0.2, 0) is 11.3 Å². The number of ketones is 1. The first-order valence-corrected chi connectivity index (χ1v) is 10.3. The average molecular weight is 375 g/mol. The topological polar surface area (TPSA) is 55.5 Å². The predicted octanol–water partition coefficient (Wildman–Crippen LogP) is 2.22. The maximum Gasteiger partial charge on any atom is 0.275 e. The largest absolute Gasteiger partial charge is 0.349 e. The van der Waals surface area contributed by atoms with E-state index < -0.39 is 0 Å². The van der Waals surface area contributed by atoms with E-state index in [1.807, 2.05) is 33.9 Å². The highest BCUT2D eigenvalue weighted by molar-refractivity contribution is 5.98. The summed E-state index contributed by atoms with van der Waals surface area (Å²) in [5, 5.41) is 2.88. The number of amides is 1. The molecule has 0 radical (unpaired) electrons. The second kappa shape index (κ2) is 9.88. The second-order valence-electron chi connectivity index (χ2n) is 8.25. The molecule has 1 aromatic heterocycles. The molecule has 0 saturated heterocycles. The molecular formula is C22H36N3O2+. The smallest absolute Gasteiger partial charge is 0.275 e. The number of carbonyl (C=O) groups excluding carboxylic acids is 2. The Hall–Kier alpha value is -1.88. The lowest BCUT2D eigenvalue weighted by Crippen LogP contribution is -3.11. The molecule has 1 aliphatic rings. The molecule has 150 valence electrons. The molecule has 0 aromatic carbocycles. The van der Waals surface area contributed by atoms with Gasteiger partial charge in [0.2, 0.25) is 5.78 Å². The van der Waals surface area contributed by atoms with Crippen LogP contribution in [0.3, 0.4) is 0 Å². The minimum absolute atomic E-state index is 0.0125. The molecule has 2 rings (SSSR count). The Morgan fingerprint density at radius 1 is 1.22 bits per heavy atom. The molecule has 2 N–H and O–H groups in total. The quantitative estimate of drug-likeness (QED) is 0.514. The van der Waals surface area contributed by atoms with E-state index in [1.165, 1.54) is 25.7 Å². The number of hydrogen-bond acceptors (Lipinski definition) is 2. The van der Waals surface area contributed by atoms with Crippen molar-refractivity contribution in [1.29, 1.82) is 0 Å². The minimum atomic E-state index is -0.0125. The normalized spacial score (nSPS) is 15.6. The molecule has 5 nitrogen and oxygen atoms in total. The zero-order valence-corrected chi connectivity index (χ0v) is 17.7. The number of quaternary nitrogens is 1. The van der Waals surface area contributed by atoms with Gasteiger partial charge < -0.3 is 14.8 Å². The second-order valence-corrected chi connectivity index (χ2v) is 8.25. The van der Waals surface area contributed by atoms with Gasteiger partial charge in [0, 0.05) is 29.5 Å².